The summed E-state index contributed by atoms with van der Waals surface area (Å²) in [7, 11) is -2.54. The first-order valence-corrected chi connectivity index (χ1v) is 7.62. The highest BCUT2D eigenvalue weighted by Gasteiger charge is 2.25. The fraction of sp³-hybridized carbons (Fsp3) is 0.500. The number of nitrogens with one attached hydrogen (secondary N) is 1. The summed E-state index contributed by atoms with van der Waals surface area (Å²) in [5, 5.41) is 10.5. The Morgan fingerprint density at radius 1 is 1.43 bits per heavy atom. The molecule has 0 saturated heterocycles. The van der Waals surface area contributed by atoms with E-state index in [1.165, 1.54) is 7.11 Å². The van der Waals surface area contributed by atoms with E-state index < -0.39 is 32.5 Å². The lowest BCUT2D eigenvalue weighted by Crippen LogP contribution is -2.41. The van der Waals surface area contributed by atoms with Gasteiger partial charge in [-0.15, -0.1) is 0 Å². The number of methoxy groups -OCH3 is 1. The summed E-state index contributed by atoms with van der Waals surface area (Å²) >= 11 is 0. The van der Waals surface area contributed by atoms with Crippen LogP contribution < -0.4 is 4.72 Å². The van der Waals surface area contributed by atoms with Crippen molar-refractivity contribution in [1.29, 1.82) is 0 Å². The van der Waals surface area contributed by atoms with Gasteiger partial charge in [0.1, 0.15) is 0 Å². The predicted molar refractivity (Wildman–Crippen MR) is 73.9 cm³/mol. The fourth-order valence-electron chi connectivity index (χ4n) is 1.61. The number of benzene rings is 1. The molecule has 1 aromatic rings. The molecule has 0 saturated carbocycles. The molecule has 0 aliphatic carbocycles. The summed E-state index contributed by atoms with van der Waals surface area (Å²) in [6.45, 7) is 3.78. The number of halogens is 1. The van der Waals surface area contributed by atoms with Crippen LogP contribution in [0.25, 0.3) is 0 Å². The molecule has 0 fully saturated rings. The molecule has 21 heavy (non-hydrogen) atoms. The Morgan fingerprint density at radius 2 is 2.05 bits per heavy atom. The smallest absolute Gasteiger partial charge is 0.304 e. The molecule has 0 amide bonds. The second kappa shape index (κ2) is 6.92. The highest BCUT2D eigenvalue weighted by atomic mass is 32.2. The standard InChI is InChI=1S/C12H17FN2O5S/c1-8(2)11(7-20-3)14-21(18,19)9-4-5-12(15(16)17)10(13)6-9/h4-6,8,11,14H,7H2,1-3H3. The van der Waals surface area contributed by atoms with Crippen LogP contribution in [0.4, 0.5) is 10.1 Å². The molecule has 1 unspecified atom stereocenters. The number of hydrogen-bond acceptors (Lipinski definition) is 5. The van der Waals surface area contributed by atoms with E-state index in [2.05, 4.69) is 4.72 Å². The van der Waals surface area contributed by atoms with E-state index in [-0.39, 0.29) is 17.4 Å². The molecule has 0 bridgehead atoms. The van der Waals surface area contributed by atoms with Crippen LogP contribution in [-0.2, 0) is 14.8 Å². The van der Waals surface area contributed by atoms with Crippen molar-refractivity contribution in [3.8, 4) is 0 Å². The molecule has 0 radical (unpaired) electrons. The molecule has 0 aliphatic rings. The molecule has 0 aromatic heterocycles. The maximum Gasteiger partial charge on any atom is 0.304 e. The maximum atomic E-state index is 13.5. The zero-order valence-electron chi connectivity index (χ0n) is 11.9. The molecule has 1 N–H and O–H groups in total. The molecule has 118 valence electrons. The zero-order valence-corrected chi connectivity index (χ0v) is 12.7. The zero-order chi connectivity index (χ0) is 16.2. The van der Waals surface area contributed by atoms with Crippen LogP contribution in [0.2, 0.25) is 0 Å². The van der Waals surface area contributed by atoms with Crippen molar-refractivity contribution in [3.63, 3.8) is 0 Å². The van der Waals surface area contributed by atoms with Gasteiger partial charge in [-0.25, -0.2) is 13.1 Å². The second-order valence-electron chi connectivity index (χ2n) is 4.80. The Morgan fingerprint density at radius 3 is 2.48 bits per heavy atom. The molecule has 1 aromatic carbocycles. The first kappa shape index (κ1) is 17.5. The van der Waals surface area contributed by atoms with E-state index >= 15 is 0 Å². The number of hydrogen-bond donors (Lipinski definition) is 1. The molecular weight excluding hydrogens is 303 g/mol. The van der Waals surface area contributed by atoms with E-state index in [4.69, 9.17) is 4.74 Å². The summed E-state index contributed by atoms with van der Waals surface area (Å²) in [5.41, 5.74) is -0.772. The minimum atomic E-state index is -3.98. The molecule has 0 heterocycles. The molecule has 1 rings (SSSR count). The number of nitro benzene ring substituents is 1. The minimum absolute atomic E-state index is 0.0392. The van der Waals surface area contributed by atoms with Crippen molar-refractivity contribution >= 4 is 15.7 Å². The molecule has 9 heteroatoms. The van der Waals surface area contributed by atoms with Crippen molar-refractivity contribution in [2.24, 2.45) is 5.92 Å². The number of sulfonamides is 1. The van der Waals surface area contributed by atoms with E-state index in [9.17, 15) is 22.9 Å². The Hall–Kier alpha value is -1.58. The molecule has 7 nitrogen and oxygen atoms in total. The largest absolute Gasteiger partial charge is 0.383 e. The van der Waals surface area contributed by atoms with Gasteiger partial charge in [-0.05, 0) is 12.0 Å². The van der Waals surface area contributed by atoms with Gasteiger partial charge < -0.3 is 4.74 Å². The van der Waals surface area contributed by atoms with Gasteiger partial charge >= 0.3 is 5.69 Å². The topological polar surface area (TPSA) is 98.5 Å². The summed E-state index contributed by atoms with van der Waals surface area (Å²) in [4.78, 5) is 9.24. The molecule has 1 atom stereocenters. The highest BCUT2D eigenvalue weighted by Crippen LogP contribution is 2.21. The number of rotatable bonds is 7. The summed E-state index contributed by atoms with van der Waals surface area (Å²) in [6, 6.07) is 1.96. The van der Waals surface area contributed by atoms with Gasteiger partial charge in [0.15, 0.2) is 0 Å². The average molecular weight is 320 g/mol. The SMILES string of the molecule is COCC(NS(=O)(=O)c1ccc([N+](=O)[O-])c(F)c1)C(C)C. The van der Waals surface area contributed by atoms with Crippen LogP contribution in [-0.4, -0.2) is 33.1 Å². The Kier molecular flexibility index (Phi) is 5.76. The minimum Gasteiger partial charge on any atom is -0.383 e. The van der Waals surface area contributed by atoms with E-state index in [0.29, 0.717) is 6.07 Å². The number of nitro groups is 1. The van der Waals surface area contributed by atoms with Crippen molar-refractivity contribution in [2.75, 3.05) is 13.7 Å². The highest BCUT2D eigenvalue weighted by molar-refractivity contribution is 7.89. The monoisotopic (exact) mass is 320 g/mol. The van der Waals surface area contributed by atoms with Crippen LogP contribution in [0.1, 0.15) is 13.8 Å². The maximum absolute atomic E-state index is 13.5. The second-order valence-corrected chi connectivity index (χ2v) is 6.51. The number of nitrogens with zero attached hydrogens (tertiary/aromatic N) is 1. The Bertz CT molecular complexity index is 618. The van der Waals surface area contributed by atoms with Gasteiger partial charge in [0.2, 0.25) is 15.8 Å². The predicted octanol–water partition coefficient (Wildman–Crippen LogP) is 1.68. The lowest BCUT2D eigenvalue weighted by atomic mass is 10.1. The summed E-state index contributed by atoms with van der Waals surface area (Å²) in [5.74, 6) is -1.24. The average Bonchev–Trinajstić information content (AvgIpc) is 2.37. The van der Waals surface area contributed by atoms with Crippen LogP contribution in [0.5, 0.6) is 0 Å². The van der Waals surface area contributed by atoms with Crippen molar-refractivity contribution in [2.45, 2.75) is 24.8 Å². The summed E-state index contributed by atoms with van der Waals surface area (Å²) < 4.78 is 45.1. The first-order chi connectivity index (χ1) is 9.69. The van der Waals surface area contributed by atoms with Gasteiger partial charge in [-0.2, -0.15) is 4.39 Å². The Labute approximate surface area is 122 Å². The van der Waals surface area contributed by atoms with Crippen LogP contribution in [0.15, 0.2) is 23.1 Å². The van der Waals surface area contributed by atoms with Crippen LogP contribution in [0.3, 0.4) is 0 Å². The third-order valence-electron chi connectivity index (χ3n) is 2.88. The van der Waals surface area contributed by atoms with Crippen molar-refractivity contribution < 1.29 is 22.5 Å². The van der Waals surface area contributed by atoms with Gasteiger partial charge in [-0.3, -0.25) is 10.1 Å². The Balaban J connectivity index is 3.08. The van der Waals surface area contributed by atoms with Gasteiger partial charge in [0.05, 0.1) is 16.4 Å². The van der Waals surface area contributed by atoms with Crippen molar-refractivity contribution in [1.82, 2.24) is 4.72 Å². The quantitative estimate of drug-likeness (QED) is 0.609. The van der Waals surface area contributed by atoms with E-state index in [1.807, 2.05) is 13.8 Å². The first-order valence-electron chi connectivity index (χ1n) is 6.14. The summed E-state index contributed by atoms with van der Waals surface area (Å²) in [6.07, 6.45) is 0. The van der Waals surface area contributed by atoms with Gasteiger partial charge in [0.25, 0.3) is 0 Å². The third kappa shape index (κ3) is 4.45. The molecular formula is C12H17FN2O5S. The van der Waals surface area contributed by atoms with Crippen LogP contribution >= 0.6 is 0 Å². The van der Waals surface area contributed by atoms with E-state index in [0.717, 1.165) is 12.1 Å². The van der Waals surface area contributed by atoms with Crippen LogP contribution in [0, 0.1) is 21.8 Å². The molecule has 0 spiro atoms. The lowest BCUT2D eigenvalue weighted by molar-refractivity contribution is -0.387. The van der Waals surface area contributed by atoms with E-state index in [1.54, 1.807) is 0 Å². The normalized spacial score (nSPS) is 13.4. The third-order valence-corrected chi connectivity index (χ3v) is 4.37. The fourth-order valence-corrected chi connectivity index (χ4v) is 2.99. The molecule has 0 aliphatic heterocycles. The van der Waals surface area contributed by atoms with Gasteiger partial charge in [-0.1, -0.05) is 13.8 Å². The lowest BCUT2D eigenvalue weighted by Gasteiger charge is -2.21. The van der Waals surface area contributed by atoms with Gasteiger partial charge in [0, 0.05) is 25.3 Å². The van der Waals surface area contributed by atoms with Crippen molar-refractivity contribution in [3.05, 3.63) is 34.1 Å². The number of ether oxygens (including phenoxy) is 1.